The molecule has 0 aliphatic carbocycles. The molecule has 0 fully saturated rings. The molecule has 0 heterocycles. The van der Waals surface area contributed by atoms with E-state index in [4.69, 9.17) is 9.47 Å². The number of aryl methyl sites for hydroxylation is 2. The molecule has 96 valence electrons. The average Bonchev–Trinajstić information content (AvgIpc) is 2.27. The summed E-state index contributed by atoms with van der Waals surface area (Å²) in [6.45, 7) is 5.72. The molecule has 1 aromatic carbocycles. The fourth-order valence-electron chi connectivity index (χ4n) is 1.80. The third kappa shape index (κ3) is 5.31. The molecule has 0 bridgehead atoms. The smallest absolute Gasteiger partial charge is 0.102 e. The van der Waals surface area contributed by atoms with E-state index >= 15 is 0 Å². The van der Waals surface area contributed by atoms with Crippen LogP contribution >= 0.6 is 0 Å². The van der Waals surface area contributed by atoms with Gasteiger partial charge in [0, 0.05) is 20.3 Å². The molecule has 17 heavy (non-hydrogen) atoms. The second-order valence-corrected chi connectivity index (χ2v) is 4.36. The van der Waals surface area contributed by atoms with E-state index in [1.165, 1.54) is 11.1 Å². The summed E-state index contributed by atoms with van der Waals surface area (Å²) in [5, 5.41) is 9.97. The van der Waals surface area contributed by atoms with Gasteiger partial charge in [0.1, 0.15) is 6.10 Å². The van der Waals surface area contributed by atoms with Crippen LogP contribution in [0.1, 0.15) is 29.2 Å². The van der Waals surface area contributed by atoms with Crippen molar-refractivity contribution < 1.29 is 14.6 Å². The molecule has 0 amide bonds. The van der Waals surface area contributed by atoms with Crippen LogP contribution in [0.15, 0.2) is 18.2 Å². The summed E-state index contributed by atoms with van der Waals surface area (Å²) in [6, 6.07) is 6.09. The zero-order chi connectivity index (χ0) is 12.7. The number of methoxy groups -OCH3 is 1. The van der Waals surface area contributed by atoms with Crippen molar-refractivity contribution in [2.24, 2.45) is 0 Å². The van der Waals surface area contributed by atoms with Crippen molar-refractivity contribution in [2.45, 2.75) is 26.4 Å². The molecule has 1 unspecified atom stereocenters. The van der Waals surface area contributed by atoms with Crippen LogP contribution in [0.2, 0.25) is 0 Å². The lowest BCUT2D eigenvalue weighted by molar-refractivity contribution is 0.0279. The van der Waals surface area contributed by atoms with Gasteiger partial charge < -0.3 is 14.6 Å². The van der Waals surface area contributed by atoms with Crippen LogP contribution in [0.3, 0.4) is 0 Å². The van der Waals surface area contributed by atoms with Gasteiger partial charge in [0.15, 0.2) is 0 Å². The Morgan fingerprint density at radius 2 is 1.76 bits per heavy atom. The molecule has 0 aliphatic rings. The highest BCUT2D eigenvalue weighted by Gasteiger charge is 2.08. The zero-order valence-corrected chi connectivity index (χ0v) is 10.9. The van der Waals surface area contributed by atoms with Gasteiger partial charge in [-0.1, -0.05) is 29.3 Å². The molecule has 0 saturated heterocycles. The second-order valence-electron chi connectivity index (χ2n) is 4.36. The molecule has 1 aromatic rings. The minimum Gasteiger partial charge on any atom is -0.386 e. The summed E-state index contributed by atoms with van der Waals surface area (Å²) >= 11 is 0. The third-order valence-electron chi connectivity index (χ3n) is 2.54. The van der Waals surface area contributed by atoms with Crippen LogP contribution in [0, 0.1) is 13.8 Å². The van der Waals surface area contributed by atoms with Crippen LogP contribution in [0.4, 0.5) is 0 Å². The Bertz CT molecular complexity index is 316. The second kappa shape index (κ2) is 7.43. The molecule has 0 saturated carbocycles. The van der Waals surface area contributed by atoms with E-state index in [0.717, 1.165) is 12.0 Å². The normalized spacial score (nSPS) is 12.7. The summed E-state index contributed by atoms with van der Waals surface area (Å²) < 4.78 is 10.3. The lowest BCUT2D eigenvalue weighted by atomic mass is 10.0. The molecule has 0 spiro atoms. The van der Waals surface area contributed by atoms with Crippen LogP contribution in [0.5, 0.6) is 0 Å². The van der Waals surface area contributed by atoms with Crippen molar-refractivity contribution in [2.75, 3.05) is 26.9 Å². The first kappa shape index (κ1) is 14.2. The van der Waals surface area contributed by atoms with E-state index in [9.17, 15) is 5.11 Å². The Labute approximate surface area is 103 Å². The van der Waals surface area contributed by atoms with E-state index < -0.39 is 6.10 Å². The molecular formula is C14H22O3. The van der Waals surface area contributed by atoms with Crippen LogP contribution < -0.4 is 0 Å². The van der Waals surface area contributed by atoms with Gasteiger partial charge in [-0.15, -0.1) is 0 Å². The quantitative estimate of drug-likeness (QED) is 0.741. The lowest BCUT2D eigenvalue weighted by Gasteiger charge is -2.13. The Hall–Kier alpha value is -0.900. The molecular weight excluding hydrogens is 216 g/mol. The first-order chi connectivity index (χ1) is 8.13. The molecule has 1 N–H and O–H groups in total. The number of hydrogen-bond acceptors (Lipinski definition) is 3. The van der Waals surface area contributed by atoms with Crippen molar-refractivity contribution in [3.8, 4) is 0 Å². The van der Waals surface area contributed by atoms with Gasteiger partial charge in [0.25, 0.3) is 0 Å². The van der Waals surface area contributed by atoms with Crippen LogP contribution in [0.25, 0.3) is 0 Å². The topological polar surface area (TPSA) is 38.7 Å². The highest BCUT2D eigenvalue weighted by Crippen LogP contribution is 2.17. The molecule has 0 aromatic heterocycles. The maximum atomic E-state index is 9.97. The monoisotopic (exact) mass is 238 g/mol. The third-order valence-corrected chi connectivity index (χ3v) is 2.54. The zero-order valence-electron chi connectivity index (χ0n) is 10.9. The minimum absolute atomic E-state index is 0.340. The van der Waals surface area contributed by atoms with Gasteiger partial charge in [-0.2, -0.15) is 0 Å². The van der Waals surface area contributed by atoms with E-state index in [1.807, 2.05) is 26.0 Å². The summed E-state index contributed by atoms with van der Waals surface area (Å²) in [6.07, 6.45) is 0.312. The number of ether oxygens (including phenoxy) is 2. The lowest BCUT2D eigenvalue weighted by Crippen LogP contribution is -2.09. The average molecular weight is 238 g/mol. The highest BCUT2D eigenvalue weighted by atomic mass is 16.5. The predicted octanol–water partition coefficient (Wildman–Crippen LogP) is 2.39. The van der Waals surface area contributed by atoms with Crippen molar-refractivity contribution >= 4 is 0 Å². The van der Waals surface area contributed by atoms with Crippen molar-refractivity contribution in [1.29, 1.82) is 0 Å². The minimum atomic E-state index is -0.545. The Kier molecular flexibility index (Phi) is 6.19. The Morgan fingerprint density at radius 1 is 1.12 bits per heavy atom. The number of aliphatic hydroxyl groups is 1. The van der Waals surface area contributed by atoms with E-state index in [-0.39, 0.29) is 0 Å². The summed E-state index contributed by atoms with van der Waals surface area (Å²) in [7, 11) is 1.67. The number of rotatable bonds is 7. The maximum Gasteiger partial charge on any atom is 0.102 e. The van der Waals surface area contributed by atoms with Gasteiger partial charge in [0.2, 0.25) is 0 Å². The Balaban J connectivity index is 2.38. The molecule has 1 rings (SSSR count). The first-order valence-corrected chi connectivity index (χ1v) is 5.96. The fourth-order valence-corrected chi connectivity index (χ4v) is 1.80. The molecule has 3 nitrogen and oxygen atoms in total. The van der Waals surface area contributed by atoms with Gasteiger partial charge >= 0.3 is 0 Å². The molecule has 1 atom stereocenters. The van der Waals surface area contributed by atoms with Gasteiger partial charge in [-0.25, -0.2) is 0 Å². The van der Waals surface area contributed by atoms with Gasteiger partial charge in [-0.3, -0.25) is 0 Å². The number of aliphatic hydroxyl groups excluding tert-OH is 1. The van der Waals surface area contributed by atoms with Gasteiger partial charge in [-0.05, 0) is 25.8 Å². The standard InChI is InChI=1S/C14H22O3/c1-11-7-12(2)9-13(8-11)14(15)10-17-6-4-5-16-3/h7-9,14-15H,4-6,10H2,1-3H3. The van der Waals surface area contributed by atoms with Crippen molar-refractivity contribution in [3.05, 3.63) is 34.9 Å². The first-order valence-electron chi connectivity index (χ1n) is 5.96. The van der Waals surface area contributed by atoms with Gasteiger partial charge in [0.05, 0.1) is 6.61 Å². The summed E-state index contributed by atoms with van der Waals surface area (Å²) in [5.74, 6) is 0. The van der Waals surface area contributed by atoms with Crippen LogP contribution in [-0.2, 0) is 9.47 Å². The van der Waals surface area contributed by atoms with E-state index in [1.54, 1.807) is 7.11 Å². The van der Waals surface area contributed by atoms with E-state index in [0.29, 0.717) is 19.8 Å². The van der Waals surface area contributed by atoms with Crippen molar-refractivity contribution in [3.63, 3.8) is 0 Å². The summed E-state index contributed by atoms with van der Waals surface area (Å²) in [4.78, 5) is 0. The SMILES string of the molecule is COCCCOCC(O)c1cc(C)cc(C)c1. The predicted molar refractivity (Wildman–Crippen MR) is 68.2 cm³/mol. The number of hydrogen-bond donors (Lipinski definition) is 1. The molecule has 3 heteroatoms. The molecule has 0 aliphatic heterocycles. The van der Waals surface area contributed by atoms with E-state index in [2.05, 4.69) is 6.07 Å². The van der Waals surface area contributed by atoms with Crippen LogP contribution in [-0.4, -0.2) is 32.0 Å². The highest BCUT2D eigenvalue weighted by molar-refractivity contribution is 5.29. The summed E-state index contributed by atoms with van der Waals surface area (Å²) in [5.41, 5.74) is 3.26. The fraction of sp³-hybridized carbons (Fsp3) is 0.571. The molecule has 0 radical (unpaired) electrons. The largest absolute Gasteiger partial charge is 0.386 e. The maximum absolute atomic E-state index is 9.97. The van der Waals surface area contributed by atoms with Crippen molar-refractivity contribution in [1.82, 2.24) is 0 Å². The number of benzene rings is 1. The Morgan fingerprint density at radius 3 is 2.35 bits per heavy atom.